The van der Waals surface area contributed by atoms with Crippen molar-refractivity contribution in [2.24, 2.45) is 0 Å². The molecule has 0 radical (unpaired) electrons. The lowest BCUT2D eigenvalue weighted by Crippen LogP contribution is -2.12. The Hall–Kier alpha value is -0.590. The van der Waals surface area contributed by atoms with Crippen LogP contribution in [0.15, 0.2) is 12.2 Å². The van der Waals surface area contributed by atoms with Gasteiger partial charge in [-0.15, -0.1) is 0 Å². The molecule has 0 saturated carbocycles. The Labute approximate surface area is 56.7 Å². The van der Waals surface area contributed by atoms with Gasteiger partial charge >= 0.3 is 0 Å². The smallest absolute Gasteiger partial charge is 0.172 e. The maximum atomic E-state index is 2.30. The van der Waals surface area contributed by atoms with Crippen LogP contribution in [0.5, 0.6) is 0 Å². The van der Waals surface area contributed by atoms with Gasteiger partial charge in [0.15, 0.2) is 5.71 Å². The van der Waals surface area contributed by atoms with Crippen LogP contribution in [0.1, 0.15) is 19.8 Å². The third-order valence-corrected chi connectivity index (χ3v) is 1.83. The number of rotatable bonds is 0. The van der Waals surface area contributed by atoms with Crippen LogP contribution in [-0.2, 0) is 0 Å². The average Bonchev–Trinajstić information content (AvgIpc) is 1.99. The van der Waals surface area contributed by atoms with Gasteiger partial charge in [-0.3, -0.25) is 0 Å². The predicted octanol–water partition coefficient (Wildman–Crippen LogP) is 1.44. The molecule has 1 aliphatic heterocycles. The van der Waals surface area contributed by atoms with Crippen LogP contribution in [0.2, 0.25) is 0 Å². The van der Waals surface area contributed by atoms with Crippen molar-refractivity contribution in [2.45, 2.75) is 19.8 Å². The van der Waals surface area contributed by atoms with Gasteiger partial charge in [0.2, 0.25) is 0 Å². The van der Waals surface area contributed by atoms with Gasteiger partial charge in [-0.05, 0) is 6.42 Å². The molecule has 1 nitrogen and oxygen atoms in total. The fourth-order valence-electron chi connectivity index (χ4n) is 1.00. The first-order valence-corrected chi connectivity index (χ1v) is 3.52. The molecule has 0 unspecified atom stereocenters. The lowest BCUT2D eigenvalue weighted by molar-refractivity contribution is -0.496. The molecule has 0 aromatic rings. The van der Waals surface area contributed by atoms with Gasteiger partial charge in [0.25, 0.3) is 0 Å². The van der Waals surface area contributed by atoms with E-state index < -0.39 is 0 Å². The summed E-state index contributed by atoms with van der Waals surface area (Å²) in [6.07, 6.45) is 6.98. The Balaban J connectivity index is 2.72. The minimum Gasteiger partial charge on any atom is -0.236 e. The van der Waals surface area contributed by atoms with Crippen LogP contribution < -0.4 is 0 Å². The molecule has 1 heterocycles. The molecule has 0 aromatic heterocycles. The van der Waals surface area contributed by atoms with Crippen molar-refractivity contribution < 1.29 is 4.58 Å². The minimum absolute atomic E-state index is 1.21. The van der Waals surface area contributed by atoms with E-state index in [2.05, 4.69) is 30.7 Å². The Morgan fingerprint density at radius 3 is 3.11 bits per heavy atom. The number of allylic oxidation sites excluding steroid dienone is 2. The van der Waals surface area contributed by atoms with Gasteiger partial charge in [-0.1, -0.05) is 6.08 Å². The maximum absolute atomic E-state index is 2.30. The lowest BCUT2D eigenvalue weighted by atomic mass is 10.3. The van der Waals surface area contributed by atoms with Crippen molar-refractivity contribution in [1.29, 1.82) is 0 Å². The second kappa shape index (κ2) is 2.81. The standard InChI is InChI=1S/C8H14N/c1-8-6-4-3-5-7-9(8)2/h4,6H,3,5,7H2,1-2H3/q+1. The van der Waals surface area contributed by atoms with Gasteiger partial charge in [0, 0.05) is 19.4 Å². The topological polar surface area (TPSA) is 3.01 Å². The first-order chi connectivity index (χ1) is 4.30. The summed E-state index contributed by atoms with van der Waals surface area (Å²) >= 11 is 0. The van der Waals surface area contributed by atoms with Gasteiger partial charge in [0.05, 0.1) is 0 Å². The summed E-state index contributed by atoms with van der Waals surface area (Å²) < 4.78 is 2.30. The maximum Gasteiger partial charge on any atom is 0.172 e. The second-order valence-electron chi connectivity index (χ2n) is 2.61. The molecule has 0 aromatic carbocycles. The van der Waals surface area contributed by atoms with E-state index in [1.54, 1.807) is 0 Å². The van der Waals surface area contributed by atoms with Crippen LogP contribution in [0.25, 0.3) is 0 Å². The average molecular weight is 124 g/mol. The molecule has 0 saturated heterocycles. The highest BCUT2D eigenvalue weighted by molar-refractivity contribution is 5.88. The highest BCUT2D eigenvalue weighted by atomic mass is 15.0. The first kappa shape index (κ1) is 6.53. The summed E-state index contributed by atoms with van der Waals surface area (Å²) in [5, 5.41) is 0. The molecule has 0 bridgehead atoms. The fraction of sp³-hybridized carbons (Fsp3) is 0.625. The highest BCUT2D eigenvalue weighted by Crippen LogP contribution is 1.97. The summed E-state index contributed by atoms with van der Waals surface area (Å²) in [4.78, 5) is 0. The number of hydrogen-bond acceptors (Lipinski definition) is 0. The predicted molar refractivity (Wildman–Crippen MR) is 40.1 cm³/mol. The molecular weight excluding hydrogens is 110 g/mol. The Morgan fingerprint density at radius 2 is 2.33 bits per heavy atom. The summed E-state index contributed by atoms with van der Waals surface area (Å²) in [5.41, 5.74) is 1.38. The van der Waals surface area contributed by atoms with E-state index in [0.717, 1.165) is 0 Å². The molecule has 9 heavy (non-hydrogen) atoms. The van der Waals surface area contributed by atoms with E-state index in [1.165, 1.54) is 25.1 Å². The van der Waals surface area contributed by atoms with Crippen molar-refractivity contribution in [3.05, 3.63) is 12.2 Å². The molecule has 50 valence electrons. The van der Waals surface area contributed by atoms with E-state index in [-0.39, 0.29) is 0 Å². The van der Waals surface area contributed by atoms with E-state index in [4.69, 9.17) is 0 Å². The van der Waals surface area contributed by atoms with Crippen molar-refractivity contribution >= 4 is 5.71 Å². The molecule has 0 atom stereocenters. The molecular formula is C8H14N+. The highest BCUT2D eigenvalue weighted by Gasteiger charge is 2.02. The first-order valence-electron chi connectivity index (χ1n) is 3.52. The molecule has 0 fully saturated rings. The Morgan fingerprint density at radius 1 is 1.56 bits per heavy atom. The van der Waals surface area contributed by atoms with Gasteiger partial charge < -0.3 is 0 Å². The van der Waals surface area contributed by atoms with Crippen LogP contribution in [0.3, 0.4) is 0 Å². The summed E-state index contributed by atoms with van der Waals surface area (Å²) in [6.45, 7) is 3.36. The normalized spacial score (nSPS) is 20.2. The van der Waals surface area contributed by atoms with Gasteiger partial charge in [-0.25, -0.2) is 4.58 Å². The third kappa shape index (κ3) is 1.67. The van der Waals surface area contributed by atoms with Crippen molar-refractivity contribution in [3.63, 3.8) is 0 Å². The monoisotopic (exact) mass is 124 g/mol. The molecule has 0 amide bonds. The fourth-order valence-corrected chi connectivity index (χ4v) is 1.00. The summed E-state index contributed by atoms with van der Waals surface area (Å²) in [5.74, 6) is 0. The van der Waals surface area contributed by atoms with Crippen LogP contribution in [-0.4, -0.2) is 23.9 Å². The van der Waals surface area contributed by atoms with E-state index >= 15 is 0 Å². The SMILES string of the molecule is CC1=[N+](C)CCCC=C1. The Bertz CT molecular complexity index is 154. The van der Waals surface area contributed by atoms with E-state index in [1.807, 2.05) is 0 Å². The van der Waals surface area contributed by atoms with Crippen LogP contribution in [0, 0.1) is 0 Å². The van der Waals surface area contributed by atoms with Crippen molar-refractivity contribution in [3.8, 4) is 0 Å². The second-order valence-corrected chi connectivity index (χ2v) is 2.61. The van der Waals surface area contributed by atoms with Gasteiger partial charge in [-0.2, -0.15) is 0 Å². The molecule has 1 heteroatoms. The summed E-state index contributed by atoms with van der Waals surface area (Å²) in [6, 6.07) is 0. The zero-order chi connectivity index (χ0) is 6.69. The van der Waals surface area contributed by atoms with Crippen molar-refractivity contribution in [2.75, 3.05) is 13.6 Å². The largest absolute Gasteiger partial charge is 0.236 e. The quantitative estimate of drug-likeness (QED) is 0.430. The van der Waals surface area contributed by atoms with Crippen LogP contribution >= 0.6 is 0 Å². The number of nitrogens with zero attached hydrogens (tertiary/aromatic N) is 1. The van der Waals surface area contributed by atoms with E-state index in [9.17, 15) is 0 Å². The molecule has 0 spiro atoms. The van der Waals surface area contributed by atoms with Crippen molar-refractivity contribution in [1.82, 2.24) is 0 Å². The lowest BCUT2D eigenvalue weighted by Gasteiger charge is -1.93. The zero-order valence-corrected chi connectivity index (χ0v) is 6.22. The zero-order valence-electron chi connectivity index (χ0n) is 6.22. The Kier molecular flexibility index (Phi) is 2.04. The van der Waals surface area contributed by atoms with E-state index in [0.29, 0.717) is 0 Å². The summed E-state index contributed by atoms with van der Waals surface area (Å²) in [7, 11) is 2.14. The molecule has 0 N–H and O–H groups in total. The minimum atomic E-state index is 1.21. The number of hydrogen-bond donors (Lipinski definition) is 0. The third-order valence-electron chi connectivity index (χ3n) is 1.83. The molecule has 0 aliphatic carbocycles. The molecule has 1 rings (SSSR count). The molecule has 1 aliphatic rings. The van der Waals surface area contributed by atoms with Crippen LogP contribution in [0.4, 0.5) is 0 Å². The van der Waals surface area contributed by atoms with Gasteiger partial charge in [0.1, 0.15) is 13.6 Å².